The summed E-state index contributed by atoms with van der Waals surface area (Å²) < 4.78 is 0. The lowest BCUT2D eigenvalue weighted by atomic mass is 9.77. The zero-order valence-electron chi connectivity index (χ0n) is 12.9. The molecule has 2 aromatic rings. The third-order valence-corrected chi connectivity index (χ3v) is 5.09. The van der Waals surface area contributed by atoms with Crippen molar-refractivity contribution in [1.82, 2.24) is 0 Å². The van der Waals surface area contributed by atoms with Gasteiger partial charge in [-0.3, -0.25) is 0 Å². The fourth-order valence-electron chi connectivity index (χ4n) is 3.57. The van der Waals surface area contributed by atoms with Gasteiger partial charge in [-0.05, 0) is 41.4 Å². The summed E-state index contributed by atoms with van der Waals surface area (Å²) in [7, 11) is 0. The Morgan fingerprint density at radius 1 is 0.905 bits per heavy atom. The lowest BCUT2D eigenvalue weighted by Crippen LogP contribution is -2.29. The number of hydrogen-bond acceptors (Lipinski definition) is 1. The van der Waals surface area contributed by atoms with Gasteiger partial charge < -0.3 is 5.73 Å². The molecule has 2 aromatic carbocycles. The van der Waals surface area contributed by atoms with E-state index in [9.17, 15) is 0 Å². The first-order chi connectivity index (χ1) is 10.2. The maximum absolute atomic E-state index is 6.54. The minimum atomic E-state index is 0.172. The first kappa shape index (κ1) is 14.3. The molecule has 0 bridgehead atoms. The molecule has 0 saturated heterocycles. The van der Waals surface area contributed by atoms with Gasteiger partial charge in [0.15, 0.2) is 0 Å². The van der Waals surface area contributed by atoms with Crippen LogP contribution in [0.5, 0.6) is 0 Å². The van der Waals surface area contributed by atoms with Crippen LogP contribution in [0.4, 0.5) is 0 Å². The average Bonchev–Trinajstić information content (AvgIpc) is 2.96. The largest absolute Gasteiger partial charge is 0.323 e. The van der Waals surface area contributed by atoms with E-state index in [4.69, 9.17) is 5.73 Å². The van der Waals surface area contributed by atoms with E-state index in [0.29, 0.717) is 5.41 Å². The molecule has 0 heterocycles. The number of hydrogen-bond donors (Lipinski definition) is 1. The van der Waals surface area contributed by atoms with Crippen LogP contribution in [0.1, 0.15) is 55.3 Å². The van der Waals surface area contributed by atoms with Crippen molar-refractivity contribution in [2.24, 2.45) is 11.1 Å². The molecule has 1 aliphatic carbocycles. The molecule has 2 N–H and O–H groups in total. The molecule has 21 heavy (non-hydrogen) atoms. The van der Waals surface area contributed by atoms with Crippen molar-refractivity contribution >= 4 is 0 Å². The maximum atomic E-state index is 6.54. The Hall–Kier alpha value is -1.60. The quantitative estimate of drug-likeness (QED) is 0.850. The van der Waals surface area contributed by atoms with Crippen LogP contribution in [0.25, 0.3) is 0 Å². The summed E-state index contributed by atoms with van der Waals surface area (Å²) in [6.07, 6.45) is 6.18. The Morgan fingerprint density at radius 2 is 1.48 bits per heavy atom. The SMILES string of the molecule is CC1(C(N)c2ccc(Cc3ccccc3)cc2)CCCC1. The van der Waals surface area contributed by atoms with Gasteiger partial charge in [-0.25, -0.2) is 0 Å². The molecule has 0 spiro atoms. The van der Waals surface area contributed by atoms with Gasteiger partial charge in [-0.1, -0.05) is 74.4 Å². The summed E-state index contributed by atoms with van der Waals surface area (Å²) in [6.45, 7) is 2.35. The highest BCUT2D eigenvalue weighted by Crippen LogP contribution is 2.45. The van der Waals surface area contributed by atoms with Crippen molar-refractivity contribution < 1.29 is 0 Å². The van der Waals surface area contributed by atoms with Crippen molar-refractivity contribution in [2.45, 2.75) is 45.1 Å². The normalized spacial score (nSPS) is 18.6. The van der Waals surface area contributed by atoms with Gasteiger partial charge in [0.1, 0.15) is 0 Å². The summed E-state index contributed by atoms with van der Waals surface area (Å²) in [5, 5.41) is 0. The molecule has 1 unspecified atom stereocenters. The summed E-state index contributed by atoms with van der Waals surface area (Å²) in [6, 6.07) is 19.7. The summed E-state index contributed by atoms with van der Waals surface area (Å²) in [4.78, 5) is 0. The number of rotatable bonds is 4. The van der Waals surface area contributed by atoms with Crippen LogP contribution in [-0.4, -0.2) is 0 Å². The van der Waals surface area contributed by atoms with Crippen molar-refractivity contribution in [2.75, 3.05) is 0 Å². The molecular weight excluding hydrogens is 254 g/mol. The van der Waals surface area contributed by atoms with Crippen molar-refractivity contribution in [3.05, 3.63) is 71.3 Å². The smallest absolute Gasteiger partial charge is 0.0349 e. The summed E-state index contributed by atoms with van der Waals surface area (Å²) >= 11 is 0. The standard InChI is InChI=1S/C20H25N/c1-20(13-5-6-14-20)19(21)18-11-9-17(10-12-18)15-16-7-3-2-4-8-16/h2-4,7-12,19H,5-6,13-15,21H2,1H3. The van der Waals surface area contributed by atoms with Crippen LogP contribution in [-0.2, 0) is 6.42 Å². The van der Waals surface area contributed by atoms with E-state index in [1.807, 2.05) is 0 Å². The number of benzene rings is 2. The monoisotopic (exact) mass is 279 g/mol. The third-order valence-electron chi connectivity index (χ3n) is 5.09. The predicted octanol–water partition coefficient (Wildman–Crippen LogP) is 4.86. The molecule has 0 aliphatic heterocycles. The Bertz CT molecular complexity index is 565. The van der Waals surface area contributed by atoms with Crippen LogP contribution in [0.3, 0.4) is 0 Å². The van der Waals surface area contributed by atoms with E-state index in [2.05, 4.69) is 61.5 Å². The Balaban J connectivity index is 1.72. The van der Waals surface area contributed by atoms with Gasteiger partial charge in [0.25, 0.3) is 0 Å². The van der Waals surface area contributed by atoms with Crippen LogP contribution in [0.2, 0.25) is 0 Å². The zero-order valence-corrected chi connectivity index (χ0v) is 12.9. The Labute approximate surface area is 128 Å². The minimum absolute atomic E-state index is 0.172. The van der Waals surface area contributed by atoms with Crippen molar-refractivity contribution in [1.29, 1.82) is 0 Å². The topological polar surface area (TPSA) is 26.0 Å². The second-order valence-corrected chi connectivity index (χ2v) is 6.74. The fourth-order valence-corrected chi connectivity index (χ4v) is 3.57. The highest BCUT2D eigenvalue weighted by Gasteiger charge is 2.35. The Morgan fingerprint density at radius 3 is 2.10 bits per heavy atom. The van der Waals surface area contributed by atoms with Gasteiger partial charge in [-0.15, -0.1) is 0 Å². The molecule has 0 aromatic heterocycles. The van der Waals surface area contributed by atoms with Gasteiger partial charge in [-0.2, -0.15) is 0 Å². The van der Waals surface area contributed by atoms with Crippen LogP contribution in [0.15, 0.2) is 54.6 Å². The van der Waals surface area contributed by atoms with E-state index in [1.54, 1.807) is 0 Å². The fraction of sp³-hybridized carbons (Fsp3) is 0.400. The molecule has 1 aliphatic rings. The maximum Gasteiger partial charge on any atom is 0.0349 e. The van der Waals surface area contributed by atoms with E-state index in [-0.39, 0.29) is 6.04 Å². The van der Waals surface area contributed by atoms with E-state index in [1.165, 1.54) is 42.4 Å². The van der Waals surface area contributed by atoms with Gasteiger partial charge >= 0.3 is 0 Å². The molecule has 3 rings (SSSR count). The third kappa shape index (κ3) is 3.19. The molecule has 1 nitrogen and oxygen atoms in total. The summed E-state index contributed by atoms with van der Waals surface area (Å²) in [5.41, 5.74) is 10.8. The zero-order chi connectivity index (χ0) is 14.7. The van der Waals surface area contributed by atoms with Crippen molar-refractivity contribution in [3.8, 4) is 0 Å². The molecule has 1 atom stereocenters. The summed E-state index contributed by atoms with van der Waals surface area (Å²) in [5.74, 6) is 0. The molecule has 110 valence electrons. The molecule has 1 heteroatoms. The van der Waals surface area contributed by atoms with Gasteiger partial charge in [0.2, 0.25) is 0 Å². The van der Waals surface area contributed by atoms with Crippen LogP contribution >= 0.6 is 0 Å². The molecule has 0 radical (unpaired) electrons. The average molecular weight is 279 g/mol. The lowest BCUT2D eigenvalue weighted by Gasteiger charge is -2.31. The van der Waals surface area contributed by atoms with E-state index in [0.717, 1.165) is 6.42 Å². The molecule has 1 fully saturated rings. The van der Waals surface area contributed by atoms with E-state index >= 15 is 0 Å². The first-order valence-corrected chi connectivity index (χ1v) is 8.06. The van der Waals surface area contributed by atoms with E-state index < -0.39 is 0 Å². The lowest BCUT2D eigenvalue weighted by molar-refractivity contribution is 0.265. The van der Waals surface area contributed by atoms with Gasteiger partial charge in [0, 0.05) is 6.04 Å². The second kappa shape index (κ2) is 6.03. The number of nitrogens with two attached hydrogens (primary N) is 1. The molecule has 0 amide bonds. The highest BCUT2D eigenvalue weighted by atomic mass is 14.7. The second-order valence-electron chi connectivity index (χ2n) is 6.74. The van der Waals surface area contributed by atoms with Crippen LogP contribution < -0.4 is 5.73 Å². The minimum Gasteiger partial charge on any atom is -0.323 e. The predicted molar refractivity (Wildman–Crippen MR) is 89.2 cm³/mol. The van der Waals surface area contributed by atoms with Gasteiger partial charge in [0.05, 0.1) is 0 Å². The van der Waals surface area contributed by atoms with Crippen molar-refractivity contribution in [3.63, 3.8) is 0 Å². The molecular formula is C20H25N. The Kier molecular flexibility index (Phi) is 4.12. The van der Waals surface area contributed by atoms with Crippen LogP contribution in [0, 0.1) is 5.41 Å². The highest BCUT2D eigenvalue weighted by molar-refractivity contribution is 5.30. The first-order valence-electron chi connectivity index (χ1n) is 8.06. The molecule has 1 saturated carbocycles.